The number of nitrogens with zero attached hydrogens (tertiary/aromatic N) is 1. The van der Waals surface area contributed by atoms with Gasteiger partial charge in [0.05, 0.1) is 12.8 Å². The Bertz CT molecular complexity index is 444. The summed E-state index contributed by atoms with van der Waals surface area (Å²) in [5.74, 6) is 1.63. The number of nitrogens with one attached hydrogen (secondary N) is 1. The largest absolute Gasteiger partial charge is 0.495 e. The highest BCUT2D eigenvalue weighted by Crippen LogP contribution is 2.38. The van der Waals surface area contributed by atoms with Crippen LogP contribution >= 0.6 is 11.6 Å². The van der Waals surface area contributed by atoms with Gasteiger partial charge in [0.2, 0.25) is 0 Å². The molecule has 4 heteroatoms. The predicted molar refractivity (Wildman–Crippen MR) is 77.1 cm³/mol. The summed E-state index contributed by atoms with van der Waals surface area (Å²) in [6.07, 6.45) is 0. The van der Waals surface area contributed by atoms with Crippen molar-refractivity contribution < 1.29 is 4.74 Å². The zero-order valence-corrected chi connectivity index (χ0v) is 12.3. The second-order valence-electron chi connectivity index (χ2n) is 5.09. The van der Waals surface area contributed by atoms with Crippen LogP contribution in [0.2, 0.25) is 5.02 Å². The molecule has 1 saturated heterocycles. The van der Waals surface area contributed by atoms with Crippen LogP contribution in [0.25, 0.3) is 0 Å². The van der Waals surface area contributed by atoms with Gasteiger partial charge in [-0.2, -0.15) is 0 Å². The molecule has 1 fully saturated rings. The van der Waals surface area contributed by atoms with Crippen LogP contribution in [0.5, 0.6) is 5.75 Å². The van der Waals surface area contributed by atoms with Gasteiger partial charge in [-0.25, -0.2) is 0 Å². The molecule has 18 heavy (non-hydrogen) atoms. The maximum Gasteiger partial charge on any atom is 0.142 e. The molecule has 1 aliphatic rings. The van der Waals surface area contributed by atoms with E-state index in [0.29, 0.717) is 0 Å². The summed E-state index contributed by atoms with van der Waals surface area (Å²) < 4.78 is 5.50. The number of hydrogen-bond donors (Lipinski definition) is 1. The lowest BCUT2D eigenvalue weighted by atomic mass is 10.0. The molecule has 0 radical (unpaired) electrons. The number of hydrogen-bond acceptors (Lipinski definition) is 3. The fraction of sp³-hybridized carbons (Fsp3) is 0.571. The van der Waals surface area contributed by atoms with E-state index in [0.717, 1.165) is 53.1 Å². The number of rotatable bonds is 4. The molecular formula is C14H21ClN2O. The van der Waals surface area contributed by atoms with Gasteiger partial charge in [0.25, 0.3) is 0 Å². The van der Waals surface area contributed by atoms with Gasteiger partial charge >= 0.3 is 0 Å². The Morgan fingerprint density at radius 1 is 1.44 bits per heavy atom. The van der Waals surface area contributed by atoms with E-state index < -0.39 is 0 Å². The molecule has 3 nitrogen and oxygen atoms in total. The van der Waals surface area contributed by atoms with Gasteiger partial charge in [-0.3, -0.25) is 0 Å². The van der Waals surface area contributed by atoms with Crippen molar-refractivity contribution in [2.75, 3.05) is 38.7 Å². The van der Waals surface area contributed by atoms with Crippen LogP contribution < -0.4 is 15.0 Å². The number of benzene rings is 1. The van der Waals surface area contributed by atoms with Crippen LogP contribution in [0.1, 0.15) is 11.1 Å². The monoisotopic (exact) mass is 268 g/mol. The average Bonchev–Trinajstić information content (AvgIpc) is 2.30. The second-order valence-corrected chi connectivity index (χ2v) is 5.47. The van der Waals surface area contributed by atoms with Gasteiger partial charge in [0, 0.05) is 37.6 Å². The SMILES string of the molecule is COc1cc(C)c(Cl)c(C)c1N(C)CC1CNC1. The lowest BCUT2D eigenvalue weighted by Crippen LogP contribution is -2.47. The molecule has 0 bridgehead atoms. The molecule has 2 rings (SSSR count). The normalized spacial score (nSPS) is 15.4. The zero-order valence-electron chi connectivity index (χ0n) is 11.5. The number of anilines is 1. The van der Waals surface area contributed by atoms with Crippen molar-refractivity contribution in [2.24, 2.45) is 5.92 Å². The summed E-state index contributed by atoms with van der Waals surface area (Å²) in [5.41, 5.74) is 3.27. The van der Waals surface area contributed by atoms with E-state index in [2.05, 4.69) is 24.2 Å². The molecule has 0 aromatic heterocycles. The van der Waals surface area contributed by atoms with Crippen LogP contribution in [0.3, 0.4) is 0 Å². The third-order valence-electron chi connectivity index (χ3n) is 3.61. The Morgan fingerprint density at radius 3 is 2.61 bits per heavy atom. The first-order valence-corrected chi connectivity index (χ1v) is 6.68. The number of methoxy groups -OCH3 is 1. The fourth-order valence-electron chi connectivity index (χ4n) is 2.50. The van der Waals surface area contributed by atoms with E-state index in [1.165, 1.54) is 0 Å². The van der Waals surface area contributed by atoms with Crippen molar-refractivity contribution in [1.29, 1.82) is 0 Å². The smallest absolute Gasteiger partial charge is 0.142 e. The molecule has 1 heterocycles. The van der Waals surface area contributed by atoms with Crippen molar-refractivity contribution in [1.82, 2.24) is 5.32 Å². The van der Waals surface area contributed by atoms with Crippen molar-refractivity contribution in [3.63, 3.8) is 0 Å². The highest BCUT2D eigenvalue weighted by Gasteiger charge is 2.22. The van der Waals surface area contributed by atoms with Gasteiger partial charge in [-0.15, -0.1) is 0 Å². The highest BCUT2D eigenvalue weighted by molar-refractivity contribution is 6.32. The van der Waals surface area contributed by atoms with Crippen molar-refractivity contribution in [3.8, 4) is 5.75 Å². The van der Waals surface area contributed by atoms with Crippen LogP contribution in [0.4, 0.5) is 5.69 Å². The summed E-state index contributed by atoms with van der Waals surface area (Å²) in [7, 11) is 3.82. The summed E-state index contributed by atoms with van der Waals surface area (Å²) in [6, 6.07) is 2.01. The molecule has 0 atom stereocenters. The summed E-state index contributed by atoms with van der Waals surface area (Å²) >= 11 is 6.35. The molecule has 0 amide bonds. The first kappa shape index (κ1) is 13.5. The van der Waals surface area contributed by atoms with E-state index in [1.807, 2.05) is 13.0 Å². The van der Waals surface area contributed by atoms with Gasteiger partial charge in [-0.05, 0) is 31.0 Å². The average molecular weight is 269 g/mol. The molecule has 0 aliphatic carbocycles. The lowest BCUT2D eigenvalue weighted by molar-refractivity contribution is 0.351. The van der Waals surface area contributed by atoms with Crippen LogP contribution in [0, 0.1) is 19.8 Å². The minimum atomic E-state index is 0.721. The van der Waals surface area contributed by atoms with E-state index in [1.54, 1.807) is 7.11 Å². The summed E-state index contributed by atoms with van der Waals surface area (Å²) in [4.78, 5) is 2.25. The molecule has 100 valence electrons. The number of aryl methyl sites for hydroxylation is 1. The van der Waals surface area contributed by atoms with Gasteiger partial charge < -0.3 is 15.0 Å². The van der Waals surface area contributed by atoms with Crippen LogP contribution in [0.15, 0.2) is 6.07 Å². The molecular weight excluding hydrogens is 248 g/mol. The van der Waals surface area contributed by atoms with Crippen LogP contribution in [-0.4, -0.2) is 33.8 Å². The molecule has 0 unspecified atom stereocenters. The molecule has 1 aromatic rings. The maximum atomic E-state index is 6.35. The van der Waals surface area contributed by atoms with E-state index in [-0.39, 0.29) is 0 Å². The maximum absolute atomic E-state index is 6.35. The molecule has 0 saturated carbocycles. The third-order valence-corrected chi connectivity index (χ3v) is 4.19. The van der Waals surface area contributed by atoms with Crippen molar-refractivity contribution in [3.05, 3.63) is 22.2 Å². The fourth-order valence-corrected chi connectivity index (χ4v) is 2.64. The van der Waals surface area contributed by atoms with Crippen LogP contribution in [-0.2, 0) is 0 Å². The molecule has 1 N–H and O–H groups in total. The summed E-state index contributed by atoms with van der Waals surface area (Å²) in [5, 5.41) is 4.14. The Labute approximate surface area is 114 Å². The van der Waals surface area contributed by atoms with E-state index in [9.17, 15) is 0 Å². The van der Waals surface area contributed by atoms with Gasteiger partial charge in [0.1, 0.15) is 5.75 Å². The first-order chi connectivity index (χ1) is 8.54. The molecule has 1 aliphatic heterocycles. The summed E-state index contributed by atoms with van der Waals surface area (Å²) in [6.45, 7) is 7.31. The van der Waals surface area contributed by atoms with Gasteiger partial charge in [0.15, 0.2) is 0 Å². The topological polar surface area (TPSA) is 24.5 Å². The Morgan fingerprint density at radius 2 is 2.11 bits per heavy atom. The minimum Gasteiger partial charge on any atom is -0.495 e. The highest BCUT2D eigenvalue weighted by atomic mass is 35.5. The third kappa shape index (κ3) is 2.43. The molecule has 1 aromatic carbocycles. The second kappa shape index (κ2) is 5.37. The Kier molecular flexibility index (Phi) is 4.03. The standard InChI is InChI=1S/C14H21ClN2O/c1-9-5-12(18-4)14(10(2)13(9)15)17(3)8-11-6-16-7-11/h5,11,16H,6-8H2,1-4H3. The zero-order chi connectivity index (χ0) is 13.3. The predicted octanol–water partition coefficient (Wildman–Crippen LogP) is 2.62. The van der Waals surface area contributed by atoms with Crippen molar-refractivity contribution in [2.45, 2.75) is 13.8 Å². The van der Waals surface area contributed by atoms with Crippen molar-refractivity contribution >= 4 is 17.3 Å². The van der Waals surface area contributed by atoms with E-state index in [4.69, 9.17) is 16.3 Å². The first-order valence-electron chi connectivity index (χ1n) is 6.30. The van der Waals surface area contributed by atoms with E-state index >= 15 is 0 Å². The number of halogens is 1. The Balaban J connectivity index is 2.31. The number of ether oxygens (including phenoxy) is 1. The van der Waals surface area contributed by atoms with Gasteiger partial charge in [-0.1, -0.05) is 11.6 Å². The quantitative estimate of drug-likeness (QED) is 0.909. The molecule has 0 spiro atoms. The Hall–Kier alpha value is -0.930. The lowest BCUT2D eigenvalue weighted by Gasteiger charge is -2.33. The minimum absolute atomic E-state index is 0.721.